The molecule has 1 N–H and O–H groups in total. The van der Waals surface area contributed by atoms with Crippen molar-refractivity contribution in [2.24, 2.45) is 5.92 Å². The molecular weight excluding hydrogens is 306 g/mol. The zero-order chi connectivity index (χ0) is 16.8. The third-order valence-corrected chi connectivity index (χ3v) is 5.74. The van der Waals surface area contributed by atoms with Crippen LogP contribution in [-0.4, -0.2) is 7.11 Å². The van der Waals surface area contributed by atoms with E-state index in [4.69, 9.17) is 4.74 Å². The Bertz CT molecular complexity index is 957. The molecule has 5 rings (SSSR count). The van der Waals surface area contributed by atoms with Crippen LogP contribution in [0.3, 0.4) is 0 Å². The van der Waals surface area contributed by atoms with E-state index in [1.54, 1.807) is 7.11 Å². The molecule has 1 heterocycles. The summed E-state index contributed by atoms with van der Waals surface area (Å²) in [6, 6.07) is 22.1. The molecule has 124 valence electrons. The van der Waals surface area contributed by atoms with Crippen molar-refractivity contribution in [3.8, 4) is 5.75 Å². The largest absolute Gasteiger partial charge is 0.497 e. The molecule has 0 bridgehead atoms. The zero-order valence-corrected chi connectivity index (χ0v) is 14.3. The van der Waals surface area contributed by atoms with Gasteiger partial charge in [0.25, 0.3) is 0 Å². The van der Waals surface area contributed by atoms with Crippen LogP contribution in [0.25, 0.3) is 10.8 Å². The molecule has 0 saturated heterocycles. The van der Waals surface area contributed by atoms with Crippen molar-refractivity contribution in [1.82, 2.24) is 0 Å². The lowest BCUT2D eigenvalue weighted by atomic mass is 9.76. The van der Waals surface area contributed by atoms with Gasteiger partial charge in [0.15, 0.2) is 0 Å². The number of nitrogens with one attached hydrogen (secondary N) is 1. The summed E-state index contributed by atoms with van der Waals surface area (Å²) >= 11 is 0. The van der Waals surface area contributed by atoms with Gasteiger partial charge < -0.3 is 10.1 Å². The van der Waals surface area contributed by atoms with Crippen LogP contribution in [0.5, 0.6) is 5.75 Å². The minimum atomic E-state index is 0.323. The molecule has 25 heavy (non-hydrogen) atoms. The molecule has 0 aromatic heterocycles. The smallest absolute Gasteiger partial charge is 0.118 e. The number of benzene rings is 3. The number of methoxy groups -OCH3 is 1. The van der Waals surface area contributed by atoms with E-state index >= 15 is 0 Å². The van der Waals surface area contributed by atoms with Crippen molar-refractivity contribution < 1.29 is 4.74 Å². The second-order valence-corrected chi connectivity index (χ2v) is 7.00. The van der Waals surface area contributed by atoms with E-state index in [9.17, 15) is 0 Å². The molecule has 2 nitrogen and oxygen atoms in total. The van der Waals surface area contributed by atoms with Gasteiger partial charge in [-0.1, -0.05) is 60.7 Å². The lowest BCUT2D eigenvalue weighted by molar-refractivity contribution is 0.411. The number of rotatable bonds is 2. The summed E-state index contributed by atoms with van der Waals surface area (Å²) in [7, 11) is 1.72. The van der Waals surface area contributed by atoms with Crippen LogP contribution in [0.2, 0.25) is 0 Å². The average molecular weight is 327 g/mol. The Hall–Kier alpha value is -2.74. The molecule has 1 aliphatic carbocycles. The van der Waals surface area contributed by atoms with Crippen LogP contribution in [0.1, 0.15) is 29.5 Å². The third-order valence-electron chi connectivity index (χ3n) is 5.74. The van der Waals surface area contributed by atoms with Gasteiger partial charge in [0.1, 0.15) is 5.75 Å². The van der Waals surface area contributed by atoms with Gasteiger partial charge in [-0.3, -0.25) is 0 Å². The lowest BCUT2D eigenvalue weighted by Gasteiger charge is -2.38. The molecule has 0 saturated carbocycles. The maximum Gasteiger partial charge on any atom is 0.118 e. The van der Waals surface area contributed by atoms with E-state index in [2.05, 4.69) is 78.1 Å². The van der Waals surface area contributed by atoms with Gasteiger partial charge in [-0.15, -0.1) is 0 Å². The quantitative estimate of drug-likeness (QED) is 0.612. The van der Waals surface area contributed by atoms with Crippen molar-refractivity contribution in [2.45, 2.75) is 18.4 Å². The SMILES string of the molecule is COc1ccc([C@@H]2Nc3c(ccc4ccccc34)[C@@H]3C=CC[C@@H]32)cc1. The molecule has 1 aliphatic heterocycles. The summed E-state index contributed by atoms with van der Waals surface area (Å²) in [6.45, 7) is 0. The molecule has 0 unspecified atom stereocenters. The minimum absolute atomic E-state index is 0.323. The molecule has 2 aliphatic rings. The Morgan fingerprint density at radius 2 is 1.80 bits per heavy atom. The number of fused-ring (bicyclic) bond motifs is 5. The van der Waals surface area contributed by atoms with E-state index in [1.165, 1.54) is 27.6 Å². The summed E-state index contributed by atoms with van der Waals surface area (Å²) in [5, 5.41) is 6.50. The first kappa shape index (κ1) is 14.6. The average Bonchev–Trinajstić information content (AvgIpc) is 3.17. The molecule has 0 amide bonds. The van der Waals surface area contributed by atoms with Crippen LogP contribution in [-0.2, 0) is 0 Å². The lowest BCUT2D eigenvalue weighted by Crippen LogP contribution is -2.29. The fourth-order valence-electron chi connectivity index (χ4n) is 4.48. The second kappa shape index (κ2) is 5.66. The van der Waals surface area contributed by atoms with Gasteiger partial charge >= 0.3 is 0 Å². The normalized spacial score (nSPS) is 23.8. The van der Waals surface area contributed by atoms with E-state index in [0.717, 1.165) is 12.2 Å². The highest BCUT2D eigenvalue weighted by Gasteiger charge is 2.38. The first-order chi connectivity index (χ1) is 12.3. The summed E-state index contributed by atoms with van der Waals surface area (Å²) in [4.78, 5) is 0. The summed E-state index contributed by atoms with van der Waals surface area (Å²) in [6.07, 6.45) is 5.87. The monoisotopic (exact) mass is 327 g/mol. The van der Waals surface area contributed by atoms with Crippen LogP contribution in [0.15, 0.2) is 72.8 Å². The highest BCUT2D eigenvalue weighted by Crippen LogP contribution is 2.51. The van der Waals surface area contributed by atoms with Crippen LogP contribution in [0, 0.1) is 5.92 Å². The third kappa shape index (κ3) is 2.25. The van der Waals surface area contributed by atoms with Gasteiger partial charge in [-0.05, 0) is 41.0 Å². The molecule has 3 aromatic carbocycles. The van der Waals surface area contributed by atoms with E-state index in [-0.39, 0.29) is 0 Å². The maximum atomic E-state index is 5.32. The molecule has 2 heteroatoms. The zero-order valence-electron chi connectivity index (χ0n) is 14.3. The predicted molar refractivity (Wildman–Crippen MR) is 103 cm³/mol. The molecule has 0 spiro atoms. The number of ether oxygens (including phenoxy) is 1. The fourth-order valence-corrected chi connectivity index (χ4v) is 4.48. The summed E-state index contributed by atoms with van der Waals surface area (Å²) in [5.41, 5.74) is 4.06. The molecule has 3 aromatic rings. The fraction of sp³-hybridized carbons (Fsp3) is 0.217. The van der Waals surface area contributed by atoms with Crippen molar-refractivity contribution in [3.05, 3.63) is 83.9 Å². The Balaban J connectivity index is 1.65. The standard InChI is InChI=1S/C23H21NO/c1-25-17-12-9-16(10-13-17)22-20-8-4-7-19(20)21-14-11-15-5-2-3-6-18(15)23(21)24-22/h2-7,9-14,19-20,22,24H,8H2,1H3/t19-,20+,22+/m1/s1. The molecule has 0 fully saturated rings. The maximum absolute atomic E-state index is 5.32. The van der Waals surface area contributed by atoms with Crippen molar-refractivity contribution in [1.29, 1.82) is 0 Å². The Morgan fingerprint density at radius 1 is 0.960 bits per heavy atom. The minimum Gasteiger partial charge on any atom is -0.497 e. The number of hydrogen-bond donors (Lipinski definition) is 1. The summed E-state index contributed by atoms with van der Waals surface area (Å²) < 4.78 is 5.32. The molecular formula is C23H21NO. The van der Waals surface area contributed by atoms with E-state index in [0.29, 0.717) is 17.9 Å². The number of anilines is 1. The highest BCUT2D eigenvalue weighted by molar-refractivity contribution is 5.96. The predicted octanol–water partition coefficient (Wildman–Crippen LogP) is 5.67. The Labute approximate surface area is 148 Å². The van der Waals surface area contributed by atoms with E-state index in [1.807, 2.05) is 0 Å². The second-order valence-electron chi connectivity index (χ2n) is 7.00. The Kier molecular flexibility index (Phi) is 3.30. The van der Waals surface area contributed by atoms with Gasteiger partial charge in [0, 0.05) is 17.0 Å². The first-order valence-electron chi connectivity index (χ1n) is 8.94. The topological polar surface area (TPSA) is 21.3 Å². The van der Waals surface area contributed by atoms with Crippen LogP contribution < -0.4 is 10.1 Å². The number of allylic oxidation sites excluding steroid dienone is 2. The summed E-state index contributed by atoms with van der Waals surface area (Å²) in [5.74, 6) is 1.97. The molecule has 0 radical (unpaired) electrons. The van der Waals surface area contributed by atoms with Crippen molar-refractivity contribution in [2.75, 3.05) is 12.4 Å². The number of hydrogen-bond acceptors (Lipinski definition) is 2. The van der Waals surface area contributed by atoms with Gasteiger partial charge in [0.05, 0.1) is 13.2 Å². The van der Waals surface area contributed by atoms with Crippen LogP contribution in [0.4, 0.5) is 5.69 Å². The van der Waals surface area contributed by atoms with Crippen molar-refractivity contribution >= 4 is 16.5 Å². The van der Waals surface area contributed by atoms with Crippen LogP contribution >= 0.6 is 0 Å². The van der Waals surface area contributed by atoms with Crippen molar-refractivity contribution in [3.63, 3.8) is 0 Å². The van der Waals surface area contributed by atoms with E-state index < -0.39 is 0 Å². The highest BCUT2D eigenvalue weighted by atomic mass is 16.5. The first-order valence-corrected chi connectivity index (χ1v) is 8.94. The van der Waals surface area contributed by atoms with Gasteiger partial charge in [-0.2, -0.15) is 0 Å². The Morgan fingerprint density at radius 3 is 2.64 bits per heavy atom. The van der Waals surface area contributed by atoms with Gasteiger partial charge in [0.2, 0.25) is 0 Å². The molecule has 3 atom stereocenters. The van der Waals surface area contributed by atoms with Gasteiger partial charge in [-0.25, -0.2) is 0 Å².